The molecule has 124 valence electrons. The maximum atomic E-state index is 12.3. The molecule has 0 fully saturated rings. The molecule has 1 unspecified atom stereocenters. The third-order valence-corrected chi connectivity index (χ3v) is 4.48. The Kier molecular flexibility index (Phi) is 5.02. The van der Waals surface area contributed by atoms with Crippen molar-refractivity contribution in [3.05, 3.63) is 59.4 Å². The van der Waals surface area contributed by atoms with Crippen LogP contribution in [0.25, 0.3) is 10.6 Å². The topological polar surface area (TPSA) is 69.0 Å². The van der Waals surface area contributed by atoms with Gasteiger partial charge in [0.2, 0.25) is 0 Å². The van der Waals surface area contributed by atoms with Crippen molar-refractivity contribution >= 4 is 17.2 Å². The molecule has 24 heavy (non-hydrogen) atoms. The van der Waals surface area contributed by atoms with Crippen LogP contribution < -0.4 is 5.32 Å². The number of thiazole rings is 1. The molecule has 1 amide bonds. The molecule has 2 aromatic heterocycles. The minimum atomic E-state index is -0.209. The van der Waals surface area contributed by atoms with Crippen molar-refractivity contribution in [1.29, 1.82) is 0 Å². The Labute approximate surface area is 144 Å². The van der Waals surface area contributed by atoms with Crippen LogP contribution in [0.3, 0.4) is 0 Å². The van der Waals surface area contributed by atoms with Crippen LogP contribution in [-0.4, -0.2) is 34.3 Å². The highest BCUT2D eigenvalue weighted by Crippen LogP contribution is 2.23. The van der Waals surface area contributed by atoms with Gasteiger partial charge in [0.25, 0.3) is 5.91 Å². The molecular formula is C17H18N4O2S. The van der Waals surface area contributed by atoms with Crippen LogP contribution in [0.1, 0.15) is 22.2 Å². The normalized spacial score (nSPS) is 12.1. The predicted octanol–water partition coefficient (Wildman–Crippen LogP) is 2.66. The van der Waals surface area contributed by atoms with Crippen LogP contribution in [0.15, 0.2) is 48.1 Å². The zero-order valence-corrected chi connectivity index (χ0v) is 14.3. The summed E-state index contributed by atoms with van der Waals surface area (Å²) in [5.41, 5.74) is 2.33. The molecule has 0 aliphatic carbocycles. The maximum Gasteiger partial charge on any atom is 0.270 e. The van der Waals surface area contributed by atoms with Crippen molar-refractivity contribution in [2.75, 3.05) is 13.7 Å². The highest BCUT2D eigenvalue weighted by Gasteiger charge is 2.15. The van der Waals surface area contributed by atoms with Gasteiger partial charge in [0.1, 0.15) is 10.7 Å². The molecule has 3 aromatic rings. The van der Waals surface area contributed by atoms with E-state index in [0.29, 0.717) is 12.2 Å². The smallest absolute Gasteiger partial charge is 0.270 e. The molecule has 1 N–H and O–H groups in total. The monoisotopic (exact) mass is 342 g/mol. The summed E-state index contributed by atoms with van der Waals surface area (Å²) in [4.78, 5) is 16.7. The molecule has 0 bridgehead atoms. The first kappa shape index (κ1) is 16.4. The molecule has 0 saturated carbocycles. The summed E-state index contributed by atoms with van der Waals surface area (Å²) in [6.07, 6.45) is 3.42. The largest absolute Gasteiger partial charge is 0.375 e. The van der Waals surface area contributed by atoms with Crippen LogP contribution in [0.4, 0.5) is 0 Å². The van der Waals surface area contributed by atoms with Crippen LogP contribution >= 0.6 is 11.3 Å². The quantitative estimate of drug-likeness (QED) is 0.748. The minimum absolute atomic E-state index is 0.188. The number of nitrogens with zero attached hydrogens (tertiary/aromatic N) is 3. The Morgan fingerprint density at radius 1 is 1.38 bits per heavy atom. The van der Waals surface area contributed by atoms with Gasteiger partial charge in [0, 0.05) is 37.8 Å². The number of nitrogens with one attached hydrogen (secondary N) is 1. The van der Waals surface area contributed by atoms with Gasteiger partial charge in [-0.05, 0) is 5.56 Å². The van der Waals surface area contributed by atoms with E-state index in [2.05, 4.69) is 15.4 Å². The molecule has 6 nitrogen and oxygen atoms in total. The SMILES string of the molecule is COC(CNC(=O)c1csc(-c2cnn(C)c2)n1)c1ccccc1. The van der Waals surface area contributed by atoms with Gasteiger partial charge in [-0.1, -0.05) is 30.3 Å². The number of amides is 1. The standard InChI is InChI=1S/C17H18N4O2S/c1-21-10-13(8-19-21)17-20-14(11-24-17)16(22)18-9-15(23-2)12-6-4-3-5-7-12/h3-8,10-11,15H,9H2,1-2H3,(H,18,22). The lowest BCUT2D eigenvalue weighted by atomic mass is 10.1. The number of aryl methyl sites for hydroxylation is 1. The van der Waals surface area contributed by atoms with E-state index >= 15 is 0 Å². The maximum absolute atomic E-state index is 12.3. The van der Waals surface area contributed by atoms with Gasteiger partial charge >= 0.3 is 0 Å². The van der Waals surface area contributed by atoms with Gasteiger partial charge in [0.15, 0.2) is 0 Å². The summed E-state index contributed by atoms with van der Waals surface area (Å²) in [7, 11) is 3.48. The van der Waals surface area contributed by atoms with Gasteiger partial charge in [-0.15, -0.1) is 11.3 Å². The summed E-state index contributed by atoms with van der Waals surface area (Å²) < 4.78 is 7.16. The average Bonchev–Trinajstić information content (AvgIpc) is 3.25. The Hall–Kier alpha value is -2.51. The first-order valence-electron chi connectivity index (χ1n) is 7.48. The second-order valence-corrected chi connectivity index (χ2v) is 6.14. The number of benzene rings is 1. The van der Waals surface area contributed by atoms with E-state index in [4.69, 9.17) is 4.74 Å². The first-order chi connectivity index (χ1) is 11.7. The summed E-state index contributed by atoms with van der Waals surface area (Å²) in [6.45, 7) is 0.388. The van der Waals surface area contributed by atoms with E-state index in [1.807, 2.05) is 43.6 Å². The third-order valence-electron chi connectivity index (χ3n) is 3.59. The van der Waals surface area contributed by atoms with E-state index < -0.39 is 0 Å². The molecule has 0 saturated heterocycles. The fourth-order valence-corrected chi connectivity index (χ4v) is 3.10. The van der Waals surface area contributed by atoms with Crippen LogP contribution in [0, 0.1) is 0 Å². The molecule has 1 aromatic carbocycles. The van der Waals surface area contributed by atoms with Gasteiger partial charge in [-0.3, -0.25) is 9.48 Å². The Balaban J connectivity index is 1.64. The van der Waals surface area contributed by atoms with Crippen molar-refractivity contribution in [3.8, 4) is 10.6 Å². The zero-order chi connectivity index (χ0) is 16.9. The number of rotatable bonds is 6. The van der Waals surface area contributed by atoms with E-state index in [9.17, 15) is 4.79 Å². The van der Waals surface area contributed by atoms with Crippen LogP contribution in [0.2, 0.25) is 0 Å². The van der Waals surface area contributed by atoms with E-state index in [1.54, 1.807) is 23.4 Å². The van der Waals surface area contributed by atoms with Gasteiger partial charge in [-0.2, -0.15) is 5.10 Å². The molecule has 0 spiro atoms. The molecule has 7 heteroatoms. The molecule has 0 radical (unpaired) electrons. The molecule has 0 aliphatic heterocycles. The number of hydrogen-bond acceptors (Lipinski definition) is 5. The van der Waals surface area contributed by atoms with Crippen molar-refractivity contribution in [3.63, 3.8) is 0 Å². The third kappa shape index (κ3) is 3.69. The lowest BCUT2D eigenvalue weighted by Gasteiger charge is -2.16. The second-order valence-electron chi connectivity index (χ2n) is 5.29. The Morgan fingerprint density at radius 2 is 2.17 bits per heavy atom. The number of carbonyl (C=O) groups is 1. The Morgan fingerprint density at radius 3 is 2.83 bits per heavy atom. The molecule has 1 atom stereocenters. The highest BCUT2D eigenvalue weighted by molar-refractivity contribution is 7.13. The van der Waals surface area contributed by atoms with Crippen LogP contribution in [0.5, 0.6) is 0 Å². The summed E-state index contributed by atoms with van der Waals surface area (Å²) in [6, 6.07) is 9.80. The van der Waals surface area contributed by atoms with Gasteiger partial charge in [-0.25, -0.2) is 4.98 Å². The number of hydrogen-bond donors (Lipinski definition) is 1. The molecule has 3 rings (SSSR count). The lowest BCUT2D eigenvalue weighted by molar-refractivity contribution is 0.0825. The molecule has 2 heterocycles. The number of aromatic nitrogens is 3. The van der Waals surface area contributed by atoms with E-state index in [0.717, 1.165) is 16.1 Å². The fourth-order valence-electron chi connectivity index (χ4n) is 2.32. The molecular weight excluding hydrogens is 324 g/mol. The number of ether oxygens (including phenoxy) is 1. The van der Waals surface area contributed by atoms with Crippen molar-refractivity contribution in [2.45, 2.75) is 6.10 Å². The van der Waals surface area contributed by atoms with Crippen LogP contribution in [-0.2, 0) is 11.8 Å². The number of methoxy groups -OCH3 is 1. The fraction of sp³-hybridized carbons (Fsp3) is 0.235. The van der Waals surface area contributed by atoms with Gasteiger partial charge in [0.05, 0.1) is 12.3 Å². The van der Waals surface area contributed by atoms with E-state index in [1.165, 1.54) is 11.3 Å². The zero-order valence-electron chi connectivity index (χ0n) is 13.5. The average molecular weight is 342 g/mol. The van der Waals surface area contributed by atoms with E-state index in [-0.39, 0.29) is 12.0 Å². The minimum Gasteiger partial charge on any atom is -0.375 e. The lowest BCUT2D eigenvalue weighted by Crippen LogP contribution is -2.29. The highest BCUT2D eigenvalue weighted by atomic mass is 32.1. The summed E-state index contributed by atoms with van der Waals surface area (Å²) in [5.74, 6) is -0.209. The molecule has 0 aliphatic rings. The van der Waals surface area contributed by atoms with Crippen molar-refractivity contribution < 1.29 is 9.53 Å². The predicted molar refractivity (Wildman–Crippen MR) is 92.8 cm³/mol. The summed E-state index contributed by atoms with van der Waals surface area (Å²) >= 11 is 1.42. The first-order valence-corrected chi connectivity index (χ1v) is 8.36. The summed E-state index contributed by atoms with van der Waals surface area (Å²) in [5, 5.41) is 9.52. The number of carbonyl (C=O) groups excluding carboxylic acids is 1. The Bertz CT molecular complexity index is 813. The van der Waals surface area contributed by atoms with Crippen molar-refractivity contribution in [1.82, 2.24) is 20.1 Å². The second kappa shape index (κ2) is 7.37. The van der Waals surface area contributed by atoms with Crippen molar-refractivity contribution in [2.24, 2.45) is 7.05 Å². The van der Waals surface area contributed by atoms with Gasteiger partial charge < -0.3 is 10.1 Å².